The topological polar surface area (TPSA) is 93.5 Å². The third-order valence-corrected chi connectivity index (χ3v) is 7.04. The van der Waals surface area contributed by atoms with Crippen molar-refractivity contribution >= 4 is 17.3 Å². The van der Waals surface area contributed by atoms with Crippen molar-refractivity contribution in [3.8, 4) is 34.1 Å². The highest BCUT2D eigenvalue weighted by molar-refractivity contribution is 5.80. The van der Waals surface area contributed by atoms with Gasteiger partial charge < -0.3 is 24.6 Å². The summed E-state index contributed by atoms with van der Waals surface area (Å²) in [5, 5.41) is 7.81. The smallest absolute Gasteiger partial charge is 0.222 e. The quantitative estimate of drug-likeness (QED) is 0.428. The normalized spacial score (nSPS) is 18.0. The van der Waals surface area contributed by atoms with Crippen LogP contribution < -0.4 is 19.7 Å². The van der Waals surface area contributed by atoms with Crippen LogP contribution in [0.3, 0.4) is 0 Å². The molecule has 0 amide bonds. The fourth-order valence-electron chi connectivity index (χ4n) is 4.77. The minimum Gasteiger partial charge on any atom is -0.490 e. The maximum atomic E-state index is 6.12. The van der Waals surface area contributed by atoms with E-state index in [1.54, 1.807) is 17.1 Å². The van der Waals surface area contributed by atoms with Crippen LogP contribution >= 0.6 is 0 Å². The molecule has 0 radical (unpaired) electrons. The number of hydrogen-bond acceptors (Lipinski definition) is 9. The molecule has 1 saturated heterocycles. The first-order valence-electron chi connectivity index (χ1n) is 13.0. The third-order valence-electron chi connectivity index (χ3n) is 7.04. The van der Waals surface area contributed by atoms with Crippen molar-refractivity contribution in [2.75, 3.05) is 50.1 Å². The lowest BCUT2D eigenvalue weighted by molar-refractivity contribution is 0.172. The lowest BCUT2D eigenvalue weighted by Crippen LogP contribution is -2.44. The van der Waals surface area contributed by atoms with Crippen molar-refractivity contribution in [1.29, 1.82) is 0 Å². The highest BCUT2D eigenvalue weighted by Gasteiger charge is 2.20. The molecule has 0 aliphatic carbocycles. The van der Waals surface area contributed by atoms with E-state index in [1.807, 2.05) is 32.3 Å². The van der Waals surface area contributed by atoms with E-state index in [0.29, 0.717) is 36.4 Å². The van der Waals surface area contributed by atoms with Crippen LogP contribution in [0.15, 0.2) is 55.0 Å². The van der Waals surface area contributed by atoms with Gasteiger partial charge in [-0.15, -0.1) is 0 Å². The number of aryl methyl sites for hydroxylation is 1. The summed E-state index contributed by atoms with van der Waals surface area (Å²) < 4.78 is 13.9. The molecular weight excluding hydrogens is 480 g/mol. The van der Waals surface area contributed by atoms with Crippen LogP contribution in [0.5, 0.6) is 11.6 Å². The number of benzene rings is 1. The molecule has 1 N–H and O–H groups in total. The van der Waals surface area contributed by atoms with Gasteiger partial charge in [0, 0.05) is 69.4 Å². The Labute approximate surface area is 222 Å². The van der Waals surface area contributed by atoms with Gasteiger partial charge in [-0.25, -0.2) is 19.6 Å². The Kier molecular flexibility index (Phi) is 6.55. The molecule has 10 nitrogen and oxygen atoms in total. The molecule has 4 bridgehead atoms. The van der Waals surface area contributed by atoms with Gasteiger partial charge in [0.25, 0.3) is 0 Å². The molecule has 0 saturated carbocycles. The standard InChI is InChI=1S/C28H32N8O2/c1-19-9-15-37-28-24(18-31-35(28)3)26-30-17-23(27(33-26)32-25-16-22(38-19)8-10-29-25)20-4-6-21(7-5-20)36-13-11-34(2)12-14-36/h4-8,10,16-19H,9,11-15H2,1-3H3,(H,29,30,32,33)/t19-/m0/s1. The molecule has 196 valence electrons. The molecule has 1 fully saturated rings. The van der Waals surface area contributed by atoms with Crippen molar-refractivity contribution in [2.24, 2.45) is 7.05 Å². The number of nitrogens with zero attached hydrogens (tertiary/aromatic N) is 7. The molecule has 1 atom stereocenters. The number of nitrogens with one attached hydrogen (secondary N) is 1. The number of fused-ring (bicyclic) bond motifs is 6. The van der Waals surface area contributed by atoms with Gasteiger partial charge in [0.2, 0.25) is 5.88 Å². The number of anilines is 3. The third kappa shape index (κ3) is 4.99. The van der Waals surface area contributed by atoms with E-state index in [4.69, 9.17) is 19.4 Å². The van der Waals surface area contributed by atoms with Crippen molar-refractivity contribution in [3.63, 3.8) is 0 Å². The first-order chi connectivity index (χ1) is 18.5. The fourth-order valence-corrected chi connectivity index (χ4v) is 4.77. The van der Waals surface area contributed by atoms with Crippen LogP contribution in [-0.4, -0.2) is 75.6 Å². The summed E-state index contributed by atoms with van der Waals surface area (Å²) in [5.41, 5.74) is 3.85. The average Bonchev–Trinajstić information content (AvgIpc) is 3.29. The molecule has 5 heterocycles. The largest absolute Gasteiger partial charge is 0.490 e. The van der Waals surface area contributed by atoms with Crippen molar-refractivity contribution in [2.45, 2.75) is 19.4 Å². The number of rotatable bonds is 2. The van der Waals surface area contributed by atoms with Crippen LogP contribution in [0.1, 0.15) is 13.3 Å². The Morgan fingerprint density at radius 1 is 0.947 bits per heavy atom. The van der Waals surface area contributed by atoms with Crippen LogP contribution in [0.25, 0.3) is 22.5 Å². The molecule has 3 aromatic heterocycles. The first kappa shape index (κ1) is 24.2. The Morgan fingerprint density at radius 2 is 1.76 bits per heavy atom. The van der Waals surface area contributed by atoms with E-state index >= 15 is 0 Å². The van der Waals surface area contributed by atoms with Gasteiger partial charge in [-0.3, -0.25) is 0 Å². The molecule has 10 heteroatoms. The maximum absolute atomic E-state index is 6.12. The van der Waals surface area contributed by atoms with Crippen molar-refractivity contribution in [1.82, 2.24) is 29.6 Å². The summed E-state index contributed by atoms with van der Waals surface area (Å²) in [6.45, 7) is 6.70. The Bertz CT molecular complexity index is 1410. The highest BCUT2D eigenvalue weighted by Crippen LogP contribution is 2.34. The molecule has 6 rings (SSSR count). The predicted octanol–water partition coefficient (Wildman–Crippen LogP) is 3.98. The second kappa shape index (κ2) is 10.3. The predicted molar refractivity (Wildman–Crippen MR) is 147 cm³/mol. The van der Waals surface area contributed by atoms with Crippen molar-refractivity contribution < 1.29 is 9.47 Å². The number of aromatic nitrogens is 5. The maximum Gasteiger partial charge on any atom is 0.222 e. The summed E-state index contributed by atoms with van der Waals surface area (Å²) >= 11 is 0. The zero-order chi connectivity index (χ0) is 26.1. The van der Waals surface area contributed by atoms with Gasteiger partial charge in [0.1, 0.15) is 22.9 Å². The van der Waals surface area contributed by atoms with E-state index in [-0.39, 0.29) is 6.10 Å². The Morgan fingerprint density at radius 3 is 2.58 bits per heavy atom. The van der Waals surface area contributed by atoms with Crippen LogP contribution in [0.4, 0.5) is 17.3 Å². The van der Waals surface area contributed by atoms with Gasteiger partial charge >= 0.3 is 0 Å². The summed E-state index contributed by atoms with van der Waals surface area (Å²) in [6, 6.07) is 12.3. The zero-order valence-electron chi connectivity index (χ0n) is 22.0. The van der Waals surface area contributed by atoms with Crippen LogP contribution in [-0.2, 0) is 7.05 Å². The van der Waals surface area contributed by atoms with Crippen LogP contribution in [0, 0.1) is 0 Å². The molecule has 4 aromatic rings. The zero-order valence-corrected chi connectivity index (χ0v) is 22.0. The monoisotopic (exact) mass is 512 g/mol. The molecule has 2 aliphatic rings. The Hall–Kier alpha value is -4.18. The van der Waals surface area contributed by atoms with Gasteiger partial charge in [-0.1, -0.05) is 12.1 Å². The number of pyridine rings is 1. The minimum absolute atomic E-state index is 0.0340. The van der Waals surface area contributed by atoms with Crippen molar-refractivity contribution in [3.05, 3.63) is 55.0 Å². The second-order valence-electron chi connectivity index (χ2n) is 9.85. The van der Waals surface area contributed by atoms with Crippen LogP contribution in [0.2, 0.25) is 0 Å². The van der Waals surface area contributed by atoms with Gasteiger partial charge in [0.15, 0.2) is 5.82 Å². The van der Waals surface area contributed by atoms with E-state index in [0.717, 1.165) is 48.6 Å². The van der Waals surface area contributed by atoms with E-state index in [1.165, 1.54) is 5.69 Å². The van der Waals surface area contributed by atoms with Gasteiger partial charge in [-0.05, 0) is 37.7 Å². The minimum atomic E-state index is -0.0340. The molecule has 0 unspecified atom stereocenters. The number of likely N-dealkylation sites (N-methyl/N-ethyl adjacent to an activating group) is 1. The summed E-state index contributed by atoms with van der Waals surface area (Å²) in [6.07, 6.45) is 6.00. The SMILES string of the molecule is C[C@H]1CCOc2c(cnn2C)-c2ncc(-c3ccc(N4CCN(C)CC4)cc3)c(n2)Nc2cc(ccn2)O1. The summed E-state index contributed by atoms with van der Waals surface area (Å²) in [7, 11) is 4.02. The van der Waals surface area contributed by atoms with E-state index < -0.39 is 0 Å². The average molecular weight is 513 g/mol. The van der Waals surface area contributed by atoms with E-state index in [9.17, 15) is 0 Å². The summed E-state index contributed by atoms with van der Waals surface area (Å²) in [5.74, 6) is 3.19. The van der Waals surface area contributed by atoms with E-state index in [2.05, 4.69) is 56.5 Å². The first-order valence-corrected chi connectivity index (χ1v) is 13.0. The van der Waals surface area contributed by atoms with Gasteiger partial charge in [0.05, 0.1) is 18.9 Å². The number of hydrogen-bond donors (Lipinski definition) is 1. The summed E-state index contributed by atoms with van der Waals surface area (Å²) in [4.78, 5) is 19.0. The fraction of sp³-hybridized carbons (Fsp3) is 0.357. The number of piperazine rings is 1. The molecular formula is C28H32N8O2. The molecule has 2 aliphatic heterocycles. The Balaban J connectivity index is 1.39. The lowest BCUT2D eigenvalue weighted by Gasteiger charge is -2.34. The van der Waals surface area contributed by atoms with Gasteiger partial charge in [-0.2, -0.15) is 5.10 Å². The molecule has 1 aromatic carbocycles. The second-order valence-corrected chi connectivity index (χ2v) is 9.85. The highest BCUT2D eigenvalue weighted by atomic mass is 16.5. The molecule has 38 heavy (non-hydrogen) atoms. The lowest BCUT2D eigenvalue weighted by atomic mass is 10.1. The number of ether oxygens (including phenoxy) is 2. The molecule has 0 spiro atoms.